The summed E-state index contributed by atoms with van der Waals surface area (Å²) in [5.74, 6) is -1.47. The minimum absolute atomic E-state index is 0.00702. The second kappa shape index (κ2) is 7.78. The highest BCUT2D eigenvalue weighted by molar-refractivity contribution is 6.31. The van der Waals surface area contributed by atoms with Gasteiger partial charge in [0, 0.05) is 18.0 Å². The van der Waals surface area contributed by atoms with Gasteiger partial charge in [-0.1, -0.05) is 16.8 Å². The average molecular weight is 503 g/mol. The number of rotatable bonds is 2. The number of fused-ring (bicyclic) bond motifs is 1. The molecular formula is C20H12ClF9N2O. The molecule has 3 atom stereocenters. The summed E-state index contributed by atoms with van der Waals surface area (Å²) in [6.45, 7) is 0. The molecule has 0 radical (unpaired) electrons. The minimum Gasteiger partial charge on any atom is -0.387 e. The molecule has 13 heteroatoms. The average Bonchev–Trinajstić information content (AvgIpc) is 3.28. The molecule has 3 nitrogen and oxygen atoms in total. The summed E-state index contributed by atoms with van der Waals surface area (Å²) in [6, 6.07) is 1.89. The van der Waals surface area contributed by atoms with Crippen molar-refractivity contribution in [3.05, 3.63) is 63.4 Å². The van der Waals surface area contributed by atoms with Crippen molar-refractivity contribution >= 4 is 17.3 Å². The van der Waals surface area contributed by atoms with E-state index in [2.05, 4.69) is 10.1 Å². The van der Waals surface area contributed by atoms with Crippen LogP contribution < -0.4 is 0 Å². The van der Waals surface area contributed by atoms with E-state index in [1.54, 1.807) is 0 Å². The molecule has 1 saturated carbocycles. The van der Waals surface area contributed by atoms with Gasteiger partial charge in [0.2, 0.25) is 0 Å². The van der Waals surface area contributed by atoms with E-state index >= 15 is 0 Å². The fourth-order valence-corrected chi connectivity index (χ4v) is 4.39. The molecule has 0 bridgehead atoms. The Morgan fingerprint density at radius 2 is 1.42 bits per heavy atom. The number of aromatic nitrogens is 1. The Bertz CT molecular complexity index is 1080. The quantitative estimate of drug-likeness (QED) is 0.401. The minimum atomic E-state index is -5.03. The first-order chi connectivity index (χ1) is 15.2. The lowest BCUT2D eigenvalue weighted by atomic mass is 9.88. The Labute approximate surface area is 185 Å². The molecule has 4 rings (SSSR count). The number of nitrogens with zero attached hydrogens (tertiary/aromatic N) is 2. The molecule has 1 aliphatic carbocycles. The van der Waals surface area contributed by atoms with Gasteiger partial charge in [-0.2, -0.15) is 39.5 Å². The molecule has 0 saturated heterocycles. The van der Waals surface area contributed by atoms with Gasteiger partial charge in [0.05, 0.1) is 21.9 Å². The second-order valence-electron chi connectivity index (χ2n) is 7.71. The van der Waals surface area contributed by atoms with Gasteiger partial charge in [-0.15, -0.1) is 0 Å². The zero-order chi connectivity index (χ0) is 24.3. The van der Waals surface area contributed by atoms with Crippen LogP contribution in [-0.2, 0) is 23.4 Å². The fraction of sp³-hybridized carbons (Fsp3) is 0.400. The lowest BCUT2D eigenvalue weighted by Gasteiger charge is -2.19. The van der Waals surface area contributed by atoms with Crippen molar-refractivity contribution in [2.24, 2.45) is 11.1 Å². The Balaban J connectivity index is 1.69. The largest absolute Gasteiger partial charge is 0.433 e. The van der Waals surface area contributed by atoms with Crippen molar-refractivity contribution in [1.29, 1.82) is 0 Å². The SMILES string of the molecule is FC(F)(F)c1cc([C@H]2ON=C3[C@H](c4cc(C(F)(F)F)ncc4Cl)CC[C@H]32)cc(C(F)(F)F)c1. The van der Waals surface area contributed by atoms with E-state index in [0.717, 1.165) is 12.3 Å². The number of halogens is 10. The third-order valence-corrected chi connectivity index (χ3v) is 5.95. The van der Waals surface area contributed by atoms with Gasteiger partial charge in [0.15, 0.2) is 6.10 Å². The summed E-state index contributed by atoms with van der Waals surface area (Å²) in [5.41, 5.74) is -4.28. The topological polar surface area (TPSA) is 34.5 Å². The fourth-order valence-electron chi connectivity index (χ4n) is 4.16. The number of hydrogen-bond acceptors (Lipinski definition) is 3. The normalized spacial score (nSPS) is 23.3. The van der Waals surface area contributed by atoms with Gasteiger partial charge in [0.25, 0.3) is 0 Å². The molecule has 33 heavy (non-hydrogen) atoms. The maximum atomic E-state index is 13.2. The third kappa shape index (κ3) is 4.49. The summed E-state index contributed by atoms with van der Waals surface area (Å²) < 4.78 is 118. The first-order valence-corrected chi connectivity index (χ1v) is 9.79. The second-order valence-corrected chi connectivity index (χ2v) is 8.11. The molecule has 0 unspecified atom stereocenters. The summed E-state index contributed by atoms with van der Waals surface area (Å²) in [6.07, 6.45) is -14.8. The molecule has 1 fully saturated rings. The predicted octanol–water partition coefficient (Wildman–Crippen LogP) is 7.41. The molecule has 0 spiro atoms. The van der Waals surface area contributed by atoms with E-state index < -0.39 is 53.3 Å². The highest BCUT2D eigenvalue weighted by Gasteiger charge is 2.47. The molecule has 2 aromatic rings. The molecule has 178 valence electrons. The lowest BCUT2D eigenvalue weighted by Crippen LogP contribution is -2.18. The number of pyridine rings is 1. The van der Waals surface area contributed by atoms with Crippen LogP contribution in [0.15, 0.2) is 35.6 Å². The first kappa shape index (κ1) is 23.7. The van der Waals surface area contributed by atoms with Gasteiger partial charge in [-0.25, -0.2) is 0 Å². The van der Waals surface area contributed by atoms with Crippen LogP contribution in [0.5, 0.6) is 0 Å². The zero-order valence-electron chi connectivity index (χ0n) is 16.1. The summed E-state index contributed by atoms with van der Waals surface area (Å²) in [7, 11) is 0. The number of hydrogen-bond donors (Lipinski definition) is 0. The summed E-state index contributed by atoms with van der Waals surface area (Å²) >= 11 is 6.04. The highest BCUT2D eigenvalue weighted by atomic mass is 35.5. The maximum absolute atomic E-state index is 13.2. The standard InChI is InChI=1S/C20H12ClF9N2O/c21-14-7-31-15(20(28,29)30)6-13(14)11-1-2-12-16(11)32-33-17(12)8-3-9(18(22,23)24)5-10(4-8)19(25,26)27/h3-7,11-12,17H,1-2H2/t11-,12+,17+/m0/s1. The molecule has 1 aliphatic heterocycles. The van der Waals surface area contributed by atoms with Crippen molar-refractivity contribution in [3.8, 4) is 0 Å². The number of alkyl halides is 9. The first-order valence-electron chi connectivity index (χ1n) is 9.42. The van der Waals surface area contributed by atoms with Crippen molar-refractivity contribution in [3.63, 3.8) is 0 Å². The van der Waals surface area contributed by atoms with Gasteiger partial charge in [0.1, 0.15) is 5.69 Å². The summed E-state index contributed by atoms with van der Waals surface area (Å²) in [5, 5.41) is 3.75. The van der Waals surface area contributed by atoms with Crippen LogP contribution in [0.2, 0.25) is 5.02 Å². The Hall–Kier alpha value is -2.50. The van der Waals surface area contributed by atoms with E-state index in [1.165, 1.54) is 0 Å². The molecule has 2 aliphatic rings. The molecule has 0 N–H and O–H groups in total. The monoisotopic (exact) mass is 502 g/mol. The van der Waals surface area contributed by atoms with E-state index in [-0.39, 0.29) is 40.8 Å². The molecule has 2 heterocycles. The highest BCUT2D eigenvalue weighted by Crippen LogP contribution is 2.50. The maximum Gasteiger partial charge on any atom is 0.433 e. The molecular weight excluding hydrogens is 491 g/mol. The Kier molecular flexibility index (Phi) is 5.58. The summed E-state index contributed by atoms with van der Waals surface area (Å²) in [4.78, 5) is 8.46. The molecule has 1 aromatic carbocycles. The Morgan fingerprint density at radius 3 is 1.97 bits per heavy atom. The van der Waals surface area contributed by atoms with Crippen LogP contribution in [0.4, 0.5) is 39.5 Å². The van der Waals surface area contributed by atoms with Crippen molar-refractivity contribution < 1.29 is 44.4 Å². The lowest BCUT2D eigenvalue weighted by molar-refractivity contribution is -0.143. The van der Waals surface area contributed by atoms with E-state index in [4.69, 9.17) is 16.4 Å². The van der Waals surface area contributed by atoms with Crippen molar-refractivity contribution in [2.45, 2.75) is 43.4 Å². The van der Waals surface area contributed by atoms with Gasteiger partial charge in [-0.05, 0) is 48.2 Å². The predicted molar refractivity (Wildman–Crippen MR) is 97.4 cm³/mol. The van der Waals surface area contributed by atoms with Crippen molar-refractivity contribution in [1.82, 2.24) is 4.98 Å². The number of benzene rings is 1. The smallest absolute Gasteiger partial charge is 0.387 e. The van der Waals surface area contributed by atoms with Crippen LogP contribution in [0, 0.1) is 5.92 Å². The van der Waals surface area contributed by atoms with E-state index in [9.17, 15) is 39.5 Å². The van der Waals surface area contributed by atoms with E-state index in [0.29, 0.717) is 12.1 Å². The third-order valence-electron chi connectivity index (χ3n) is 5.63. The Morgan fingerprint density at radius 1 is 0.818 bits per heavy atom. The van der Waals surface area contributed by atoms with E-state index in [1.807, 2.05) is 0 Å². The van der Waals surface area contributed by atoms with Crippen LogP contribution in [-0.4, -0.2) is 10.7 Å². The van der Waals surface area contributed by atoms with Crippen LogP contribution in [0.3, 0.4) is 0 Å². The number of oxime groups is 1. The molecule has 0 amide bonds. The van der Waals surface area contributed by atoms with Crippen LogP contribution >= 0.6 is 11.6 Å². The molecule has 1 aromatic heterocycles. The van der Waals surface area contributed by atoms with Gasteiger partial charge in [-0.3, -0.25) is 4.98 Å². The van der Waals surface area contributed by atoms with Crippen LogP contribution in [0.1, 0.15) is 52.8 Å². The van der Waals surface area contributed by atoms with Gasteiger partial charge < -0.3 is 4.84 Å². The van der Waals surface area contributed by atoms with Crippen molar-refractivity contribution in [2.75, 3.05) is 0 Å². The van der Waals surface area contributed by atoms with Crippen LogP contribution in [0.25, 0.3) is 0 Å². The zero-order valence-corrected chi connectivity index (χ0v) is 16.9. The van der Waals surface area contributed by atoms with Gasteiger partial charge >= 0.3 is 18.5 Å².